The maximum atomic E-state index is 4.01. The fourth-order valence-corrected chi connectivity index (χ4v) is 2.96. The number of nitrogens with zero attached hydrogens (tertiary/aromatic N) is 1. The van der Waals surface area contributed by atoms with E-state index in [4.69, 9.17) is 0 Å². The highest BCUT2D eigenvalue weighted by atomic mass is 15.1. The van der Waals surface area contributed by atoms with E-state index in [1.54, 1.807) is 6.33 Å². The lowest BCUT2D eigenvalue weighted by Crippen LogP contribution is -2.25. The van der Waals surface area contributed by atoms with Crippen molar-refractivity contribution < 1.29 is 0 Å². The summed E-state index contributed by atoms with van der Waals surface area (Å²) in [7, 11) is 0. The standard InChI is InChI=1S/C10H15N3/c1-2-8-3-7(1)4-9(8)13-10-5-11-6-12-10/h5-9,13H,1-4H2,(H,11,12). The number of imidazole rings is 1. The molecule has 0 aromatic carbocycles. The Labute approximate surface area is 78.0 Å². The van der Waals surface area contributed by atoms with Gasteiger partial charge in [0.05, 0.1) is 12.5 Å². The Morgan fingerprint density at radius 3 is 3.00 bits per heavy atom. The summed E-state index contributed by atoms with van der Waals surface area (Å²) >= 11 is 0. The van der Waals surface area contributed by atoms with Gasteiger partial charge in [0, 0.05) is 6.04 Å². The third kappa shape index (κ3) is 1.23. The molecule has 2 aliphatic rings. The molecule has 70 valence electrons. The molecule has 1 heterocycles. The molecule has 3 atom stereocenters. The number of hydrogen-bond donors (Lipinski definition) is 2. The van der Waals surface area contributed by atoms with Crippen LogP contribution in [0.2, 0.25) is 0 Å². The maximum Gasteiger partial charge on any atom is 0.123 e. The summed E-state index contributed by atoms with van der Waals surface area (Å²) in [6, 6.07) is 0.708. The summed E-state index contributed by atoms with van der Waals surface area (Å²) in [4.78, 5) is 7.11. The van der Waals surface area contributed by atoms with Gasteiger partial charge in [-0.3, -0.25) is 0 Å². The van der Waals surface area contributed by atoms with Gasteiger partial charge in [-0.05, 0) is 31.1 Å². The van der Waals surface area contributed by atoms with Crippen LogP contribution in [0.15, 0.2) is 12.5 Å². The first kappa shape index (κ1) is 7.42. The Balaban J connectivity index is 1.68. The molecule has 0 spiro atoms. The Hall–Kier alpha value is -0.990. The third-order valence-corrected chi connectivity index (χ3v) is 3.58. The van der Waals surface area contributed by atoms with Crippen molar-refractivity contribution in [1.82, 2.24) is 9.97 Å². The molecule has 1 aromatic heterocycles. The molecule has 3 heteroatoms. The van der Waals surface area contributed by atoms with E-state index in [9.17, 15) is 0 Å². The second kappa shape index (κ2) is 2.76. The van der Waals surface area contributed by atoms with Crippen LogP contribution in [0.4, 0.5) is 5.82 Å². The molecule has 2 N–H and O–H groups in total. The van der Waals surface area contributed by atoms with Crippen molar-refractivity contribution in [2.24, 2.45) is 11.8 Å². The van der Waals surface area contributed by atoms with E-state index in [-0.39, 0.29) is 0 Å². The summed E-state index contributed by atoms with van der Waals surface area (Å²) in [5.41, 5.74) is 0. The van der Waals surface area contributed by atoms with Crippen LogP contribution in [0, 0.1) is 11.8 Å². The zero-order chi connectivity index (χ0) is 8.67. The normalized spacial score (nSPS) is 36.8. The van der Waals surface area contributed by atoms with Gasteiger partial charge in [-0.1, -0.05) is 6.42 Å². The van der Waals surface area contributed by atoms with Gasteiger partial charge in [0.1, 0.15) is 5.82 Å². The van der Waals surface area contributed by atoms with E-state index in [1.165, 1.54) is 25.7 Å². The fourth-order valence-electron chi connectivity index (χ4n) is 2.96. The minimum atomic E-state index is 0.708. The Kier molecular flexibility index (Phi) is 1.57. The first-order chi connectivity index (χ1) is 6.42. The molecule has 3 unspecified atom stereocenters. The highest BCUT2D eigenvalue weighted by Crippen LogP contribution is 2.45. The van der Waals surface area contributed by atoms with Gasteiger partial charge < -0.3 is 10.3 Å². The molecular formula is C10H15N3. The van der Waals surface area contributed by atoms with Crippen molar-refractivity contribution in [3.8, 4) is 0 Å². The molecule has 3 nitrogen and oxygen atoms in total. The summed E-state index contributed by atoms with van der Waals surface area (Å²) in [5, 5.41) is 3.53. The minimum absolute atomic E-state index is 0.708. The Morgan fingerprint density at radius 1 is 1.38 bits per heavy atom. The van der Waals surface area contributed by atoms with Crippen LogP contribution in [-0.4, -0.2) is 16.0 Å². The molecule has 0 amide bonds. The molecule has 3 rings (SSSR count). The number of nitrogens with one attached hydrogen (secondary N) is 2. The number of fused-ring (bicyclic) bond motifs is 2. The van der Waals surface area contributed by atoms with Crippen molar-refractivity contribution in [1.29, 1.82) is 0 Å². The van der Waals surface area contributed by atoms with Crippen molar-refractivity contribution in [2.75, 3.05) is 5.32 Å². The Morgan fingerprint density at radius 2 is 2.38 bits per heavy atom. The summed E-state index contributed by atoms with van der Waals surface area (Å²) < 4.78 is 0. The molecule has 2 bridgehead atoms. The average Bonchev–Trinajstić information content (AvgIpc) is 2.77. The number of H-pyrrole nitrogens is 1. The van der Waals surface area contributed by atoms with Gasteiger partial charge in [0.15, 0.2) is 0 Å². The molecule has 2 fully saturated rings. The van der Waals surface area contributed by atoms with Crippen LogP contribution in [0.5, 0.6) is 0 Å². The summed E-state index contributed by atoms with van der Waals surface area (Å²) in [5.74, 6) is 3.01. The molecule has 13 heavy (non-hydrogen) atoms. The quantitative estimate of drug-likeness (QED) is 0.725. The van der Waals surface area contributed by atoms with E-state index in [1.807, 2.05) is 6.20 Å². The van der Waals surface area contributed by atoms with E-state index < -0.39 is 0 Å². The van der Waals surface area contributed by atoms with Crippen LogP contribution >= 0.6 is 0 Å². The second-order valence-electron chi connectivity index (χ2n) is 4.39. The highest BCUT2D eigenvalue weighted by Gasteiger charge is 2.39. The number of hydrogen-bond acceptors (Lipinski definition) is 2. The van der Waals surface area contributed by atoms with Gasteiger partial charge in [-0.2, -0.15) is 0 Å². The second-order valence-corrected chi connectivity index (χ2v) is 4.39. The molecule has 2 saturated carbocycles. The molecular weight excluding hydrogens is 162 g/mol. The van der Waals surface area contributed by atoms with Gasteiger partial charge in [0.2, 0.25) is 0 Å². The molecule has 0 saturated heterocycles. The smallest absolute Gasteiger partial charge is 0.123 e. The molecule has 1 aromatic rings. The van der Waals surface area contributed by atoms with E-state index in [0.717, 1.165) is 17.7 Å². The van der Waals surface area contributed by atoms with Crippen molar-refractivity contribution in [2.45, 2.75) is 31.7 Å². The van der Waals surface area contributed by atoms with Crippen LogP contribution < -0.4 is 5.32 Å². The highest BCUT2D eigenvalue weighted by molar-refractivity contribution is 5.33. The largest absolute Gasteiger partial charge is 0.367 e. The zero-order valence-electron chi connectivity index (χ0n) is 7.66. The van der Waals surface area contributed by atoms with Crippen molar-refractivity contribution in [3.63, 3.8) is 0 Å². The number of rotatable bonds is 2. The molecule has 0 radical (unpaired) electrons. The lowest BCUT2D eigenvalue weighted by atomic mass is 9.95. The molecule has 2 aliphatic carbocycles. The van der Waals surface area contributed by atoms with E-state index >= 15 is 0 Å². The predicted molar refractivity (Wildman–Crippen MR) is 51.4 cm³/mol. The minimum Gasteiger partial charge on any atom is -0.367 e. The van der Waals surface area contributed by atoms with Crippen molar-refractivity contribution in [3.05, 3.63) is 12.5 Å². The predicted octanol–water partition coefficient (Wildman–Crippen LogP) is 2.01. The maximum absolute atomic E-state index is 4.01. The number of aromatic nitrogens is 2. The van der Waals surface area contributed by atoms with Crippen molar-refractivity contribution >= 4 is 5.82 Å². The summed E-state index contributed by atoms with van der Waals surface area (Å²) in [6.45, 7) is 0. The van der Waals surface area contributed by atoms with Gasteiger partial charge in [-0.15, -0.1) is 0 Å². The third-order valence-electron chi connectivity index (χ3n) is 3.58. The van der Waals surface area contributed by atoms with Crippen LogP contribution in [0.1, 0.15) is 25.7 Å². The van der Waals surface area contributed by atoms with Gasteiger partial charge in [0.25, 0.3) is 0 Å². The van der Waals surface area contributed by atoms with Crippen LogP contribution in [0.3, 0.4) is 0 Å². The van der Waals surface area contributed by atoms with Gasteiger partial charge >= 0.3 is 0 Å². The summed E-state index contributed by atoms with van der Waals surface area (Å²) in [6.07, 6.45) is 9.30. The van der Waals surface area contributed by atoms with E-state index in [2.05, 4.69) is 15.3 Å². The lowest BCUT2D eigenvalue weighted by molar-refractivity contribution is 0.439. The monoisotopic (exact) mass is 177 g/mol. The Bertz CT molecular complexity index is 280. The lowest BCUT2D eigenvalue weighted by Gasteiger charge is -2.22. The topological polar surface area (TPSA) is 40.7 Å². The van der Waals surface area contributed by atoms with Crippen LogP contribution in [0.25, 0.3) is 0 Å². The average molecular weight is 177 g/mol. The SMILES string of the molecule is c1ncc(NC2CC3CCC2C3)[nH]1. The van der Waals surface area contributed by atoms with E-state index in [0.29, 0.717) is 6.04 Å². The molecule has 0 aliphatic heterocycles. The first-order valence-electron chi connectivity index (χ1n) is 5.17. The number of anilines is 1. The zero-order valence-corrected chi connectivity index (χ0v) is 7.66. The van der Waals surface area contributed by atoms with Crippen LogP contribution in [-0.2, 0) is 0 Å². The first-order valence-corrected chi connectivity index (χ1v) is 5.17. The number of aromatic amines is 1. The van der Waals surface area contributed by atoms with Gasteiger partial charge in [-0.25, -0.2) is 4.98 Å². The fraction of sp³-hybridized carbons (Fsp3) is 0.700.